The van der Waals surface area contributed by atoms with Gasteiger partial charge in [0.25, 0.3) is 0 Å². The fourth-order valence-corrected chi connectivity index (χ4v) is 16.9. The van der Waals surface area contributed by atoms with Gasteiger partial charge in [0.15, 0.2) is 8.07 Å². The third-order valence-corrected chi connectivity index (χ3v) is 20.9. The van der Waals surface area contributed by atoms with Crippen LogP contribution in [0.5, 0.6) is 11.5 Å². The summed E-state index contributed by atoms with van der Waals surface area (Å²) in [5, 5.41) is 7.64. The zero-order chi connectivity index (χ0) is 54.6. The summed E-state index contributed by atoms with van der Waals surface area (Å²) in [6.45, 7) is 14.3. The van der Waals surface area contributed by atoms with Gasteiger partial charge in [-0.05, 0) is 126 Å². The van der Waals surface area contributed by atoms with Crippen LogP contribution in [0.15, 0.2) is 267 Å². The molecule has 0 unspecified atom stereocenters. The van der Waals surface area contributed by atoms with Crippen molar-refractivity contribution >= 4 is 73.4 Å². The SMILES string of the molecule is CC(C)(C)c1cccc(N2CN(c3cccc(Oc4ccc5c6cc([Si](c7ccccc7)(c7ccccc7)c7ccccc7)ccc6n(-c6cc(C(C)(C)C)ccn6)c5c4)c3)c3cccc(-c4cccc(-c5ccccc5)c4)c32)c1. The van der Waals surface area contributed by atoms with E-state index >= 15 is 0 Å². The van der Waals surface area contributed by atoms with Gasteiger partial charge in [-0.2, -0.15) is 0 Å². The molecular formula is C74H64N4OSi. The summed E-state index contributed by atoms with van der Waals surface area (Å²) in [6, 6.07) is 95.6. The molecule has 0 saturated heterocycles. The molecule has 0 fully saturated rings. The standard InChI is InChI=1S/C74H64N4OSi/c1-73(2,3)55-27-20-28-57(46-55)77-51-76(69-38-22-37-65(72(69)77)54-26-19-25-53(45-54)52-23-11-7-12-24-52)58-29-21-30-59(48-58)79-60-39-41-66-67-50-64(40-42-68(67)78(70(66)49-60)71-47-56(43-44-75-71)74(4,5)6)80(61-31-13-8-14-32-61,62-33-15-9-16-34-62)63-35-17-10-18-36-63/h7-50H,51H2,1-6H3. The molecule has 5 nitrogen and oxygen atoms in total. The fraction of sp³-hybridized carbons (Fsp3) is 0.122. The molecule has 1 aliphatic heterocycles. The summed E-state index contributed by atoms with van der Waals surface area (Å²) in [4.78, 5) is 10.0. The van der Waals surface area contributed by atoms with Crippen molar-refractivity contribution in [3.05, 3.63) is 278 Å². The van der Waals surface area contributed by atoms with E-state index in [2.05, 4.69) is 317 Å². The van der Waals surface area contributed by atoms with Crippen LogP contribution in [0, 0.1) is 0 Å². The quantitative estimate of drug-likeness (QED) is 0.0955. The first-order chi connectivity index (χ1) is 38.9. The first-order valence-corrected chi connectivity index (χ1v) is 29.9. The highest BCUT2D eigenvalue weighted by molar-refractivity contribution is 7.20. The lowest BCUT2D eigenvalue weighted by molar-refractivity contribution is 0.483. The van der Waals surface area contributed by atoms with Gasteiger partial charge in [0.1, 0.15) is 24.0 Å². The number of para-hydroxylation sites is 1. The minimum absolute atomic E-state index is 0.0126. The van der Waals surface area contributed by atoms with Crippen LogP contribution >= 0.6 is 0 Å². The van der Waals surface area contributed by atoms with Gasteiger partial charge in [-0.1, -0.05) is 224 Å². The van der Waals surface area contributed by atoms with E-state index in [1.54, 1.807) is 0 Å². The van der Waals surface area contributed by atoms with Gasteiger partial charge in [-0.15, -0.1) is 0 Å². The Bertz CT molecular complexity index is 4120. The minimum Gasteiger partial charge on any atom is -0.457 e. The van der Waals surface area contributed by atoms with Gasteiger partial charge in [-0.25, -0.2) is 4.98 Å². The molecule has 0 aliphatic carbocycles. The Labute approximate surface area is 471 Å². The molecular weight excluding hydrogens is 989 g/mol. The summed E-state index contributed by atoms with van der Waals surface area (Å²) in [7, 11) is -2.84. The topological polar surface area (TPSA) is 33.5 Å². The maximum absolute atomic E-state index is 7.04. The van der Waals surface area contributed by atoms with Crippen molar-refractivity contribution in [1.29, 1.82) is 0 Å². The van der Waals surface area contributed by atoms with Crippen LogP contribution in [0.2, 0.25) is 0 Å². The third-order valence-electron chi connectivity index (χ3n) is 16.2. The van der Waals surface area contributed by atoms with Gasteiger partial charge in [0, 0.05) is 46.0 Å². The Morgan fingerprint density at radius 2 is 0.975 bits per heavy atom. The molecule has 0 bridgehead atoms. The number of rotatable bonds is 11. The first kappa shape index (κ1) is 50.3. The van der Waals surface area contributed by atoms with E-state index in [0.29, 0.717) is 6.67 Å². The molecule has 0 radical (unpaired) electrons. The summed E-state index contributed by atoms with van der Waals surface area (Å²) in [5.74, 6) is 2.37. The van der Waals surface area contributed by atoms with E-state index in [4.69, 9.17) is 9.72 Å². The van der Waals surface area contributed by atoms with Gasteiger partial charge < -0.3 is 14.5 Å². The molecule has 10 aromatic carbocycles. The molecule has 6 heteroatoms. The second kappa shape index (κ2) is 20.2. The fourth-order valence-electron chi connectivity index (χ4n) is 12.1. The van der Waals surface area contributed by atoms with Crippen LogP contribution in [0.1, 0.15) is 52.7 Å². The normalized spacial score (nSPS) is 12.8. The van der Waals surface area contributed by atoms with E-state index < -0.39 is 8.07 Å². The highest BCUT2D eigenvalue weighted by Crippen LogP contribution is 2.50. The molecule has 0 atom stereocenters. The number of aromatic nitrogens is 2. The molecule has 0 N–H and O–H groups in total. The zero-order valence-corrected chi connectivity index (χ0v) is 47.3. The summed E-state index contributed by atoms with van der Waals surface area (Å²) in [6.07, 6.45) is 1.95. The van der Waals surface area contributed by atoms with Gasteiger partial charge >= 0.3 is 0 Å². The van der Waals surface area contributed by atoms with Crippen molar-refractivity contribution in [2.75, 3.05) is 16.5 Å². The average molecular weight is 1050 g/mol. The lowest BCUT2D eigenvalue weighted by Gasteiger charge is -2.34. The predicted octanol–water partition coefficient (Wildman–Crippen LogP) is 16.5. The molecule has 0 saturated carbocycles. The maximum Gasteiger partial charge on any atom is 0.179 e. The second-order valence-corrected chi connectivity index (χ2v) is 27.1. The molecule has 1 aliphatic rings. The van der Waals surface area contributed by atoms with Crippen molar-refractivity contribution in [3.8, 4) is 39.6 Å². The molecule has 3 heterocycles. The minimum atomic E-state index is -2.84. The van der Waals surface area contributed by atoms with Gasteiger partial charge in [0.05, 0.1) is 22.4 Å². The lowest BCUT2D eigenvalue weighted by Crippen LogP contribution is -2.74. The summed E-state index contributed by atoms with van der Waals surface area (Å²) in [5.41, 5.74) is 13.8. The zero-order valence-electron chi connectivity index (χ0n) is 46.3. The number of benzene rings is 10. The van der Waals surface area contributed by atoms with Crippen LogP contribution in [0.4, 0.5) is 22.7 Å². The monoisotopic (exact) mass is 1050 g/mol. The summed E-state index contributed by atoms with van der Waals surface area (Å²) >= 11 is 0. The highest BCUT2D eigenvalue weighted by atomic mass is 28.3. The van der Waals surface area contributed by atoms with E-state index in [9.17, 15) is 0 Å². The van der Waals surface area contributed by atoms with Crippen LogP contribution in [-0.2, 0) is 10.8 Å². The van der Waals surface area contributed by atoms with Crippen LogP contribution < -0.4 is 35.3 Å². The summed E-state index contributed by atoms with van der Waals surface area (Å²) < 4.78 is 9.37. The van der Waals surface area contributed by atoms with E-state index in [0.717, 1.165) is 50.8 Å². The van der Waals surface area contributed by atoms with Crippen LogP contribution in [-0.4, -0.2) is 24.3 Å². The second-order valence-electron chi connectivity index (χ2n) is 23.3. The molecule has 80 heavy (non-hydrogen) atoms. The number of anilines is 4. The van der Waals surface area contributed by atoms with Crippen molar-refractivity contribution in [2.45, 2.75) is 52.4 Å². The van der Waals surface area contributed by atoms with Crippen LogP contribution in [0.3, 0.4) is 0 Å². The Kier molecular flexibility index (Phi) is 12.7. The van der Waals surface area contributed by atoms with E-state index in [1.165, 1.54) is 65.2 Å². The number of hydrogen-bond donors (Lipinski definition) is 0. The van der Waals surface area contributed by atoms with Gasteiger partial charge in [0.2, 0.25) is 0 Å². The number of pyridine rings is 1. The number of nitrogens with zero attached hydrogens (tertiary/aromatic N) is 4. The van der Waals surface area contributed by atoms with Crippen LogP contribution in [0.25, 0.3) is 49.9 Å². The Hall–Kier alpha value is -9.23. The molecule has 2 aromatic heterocycles. The largest absolute Gasteiger partial charge is 0.457 e. The lowest BCUT2D eigenvalue weighted by atomic mass is 9.87. The van der Waals surface area contributed by atoms with Gasteiger partial charge in [-0.3, -0.25) is 4.57 Å². The highest BCUT2D eigenvalue weighted by Gasteiger charge is 2.42. The third kappa shape index (κ3) is 9.05. The van der Waals surface area contributed by atoms with E-state index in [-0.39, 0.29) is 10.8 Å². The molecule has 390 valence electrons. The molecule has 0 amide bonds. The smallest absolute Gasteiger partial charge is 0.179 e. The Balaban J connectivity index is 0.932. The number of hydrogen-bond acceptors (Lipinski definition) is 4. The Morgan fingerprint density at radius 1 is 0.400 bits per heavy atom. The van der Waals surface area contributed by atoms with Crippen molar-refractivity contribution in [1.82, 2.24) is 9.55 Å². The molecule has 13 rings (SSSR count). The first-order valence-electron chi connectivity index (χ1n) is 27.9. The molecule has 12 aromatic rings. The molecule has 0 spiro atoms. The van der Waals surface area contributed by atoms with E-state index in [1.807, 2.05) is 6.20 Å². The predicted molar refractivity (Wildman–Crippen MR) is 339 cm³/mol. The van der Waals surface area contributed by atoms with Crippen molar-refractivity contribution in [3.63, 3.8) is 0 Å². The Morgan fingerprint density at radius 3 is 1.65 bits per heavy atom. The maximum atomic E-state index is 7.04. The number of fused-ring (bicyclic) bond motifs is 4. The van der Waals surface area contributed by atoms with Crippen molar-refractivity contribution in [2.24, 2.45) is 0 Å². The average Bonchev–Trinajstić information content (AvgIpc) is 3.69. The number of ether oxygens (including phenoxy) is 1. The van der Waals surface area contributed by atoms with Crippen molar-refractivity contribution < 1.29 is 4.74 Å².